The molecule has 0 saturated heterocycles. The molecule has 3 aromatic heterocycles. The lowest BCUT2D eigenvalue weighted by molar-refractivity contribution is 0.0464. The Morgan fingerprint density at radius 2 is 0.577 bits per heavy atom. The summed E-state index contributed by atoms with van der Waals surface area (Å²) in [6.45, 7) is -0.192. The first-order chi connectivity index (χ1) is 50.5. The van der Waals surface area contributed by atoms with Crippen LogP contribution >= 0.6 is 0 Å². The van der Waals surface area contributed by atoms with E-state index in [-0.39, 0.29) is 52.9 Å². The minimum absolute atomic E-state index is 0.0960. The third-order valence-electron chi connectivity index (χ3n) is 17.6. The van der Waals surface area contributed by atoms with Gasteiger partial charge in [-0.05, 0) is 217 Å². The molecule has 0 fully saturated rings. The molecule has 0 atom stereocenters. The number of para-hydroxylation sites is 3. The van der Waals surface area contributed by atoms with Crippen molar-refractivity contribution >= 4 is 100 Å². The highest BCUT2D eigenvalue weighted by Gasteiger charge is 2.23. The molecule has 0 aliphatic heterocycles. The molecule has 0 bridgehead atoms. The summed E-state index contributed by atoms with van der Waals surface area (Å²) in [5, 5.41) is 5.35. The standard InChI is InChI=1S/C83H49F9N4O8/c84-76(85)79(90)102-60-34-15-50(16-35-60)75(97)53-21-42-74-68(45-53)65-9-3-6-12-71(65)96(74)59-32-26-56(27-33-59)93(54-22-28-57(29-23-54)94-69-10-4-1-7-63(69)66-43-48(13-40-72(66)94)46-100-82(98)51-17-36-61(37-18-51)103-80(91)77(86)87)55-24-30-58(31-25-55)95-70-11-5-2-8-64(70)67-44-49(14-41-73(67)95)47-101-83(99)52-19-38-62(39-20-52)104-81(92)78(88)89/h1-45H,46-47H2. The Morgan fingerprint density at radius 1 is 0.288 bits per heavy atom. The maximum atomic E-state index is 14.0. The van der Waals surface area contributed by atoms with Crippen molar-refractivity contribution in [2.75, 3.05) is 4.90 Å². The van der Waals surface area contributed by atoms with E-state index in [1.54, 1.807) is 6.07 Å². The molecular formula is C83H49F9N4O8. The number of esters is 2. The zero-order valence-electron chi connectivity index (χ0n) is 53.9. The maximum Gasteiger partial charge on any atom is 0.344 e. The second-order valence-corrected chi connectivity index (χ2v) is 23.8. The van der Waals surface area contributed by atoms with Crippen LogP contribution in [0.15, 0.2) is 309 Å². The van der Waals surface area contributed by atoms with Crippen LogP contribution in [0.4, 0.5) is 56.6 Å². The number of halogens is 9. The van der Waals surface area contributed by atoms with Gasteiger partial charge in [0.2, 0.25) is 0 Å². The fourth-order valence-corrected chi connectivity index (χ4v) is 12.9. The summed E-state index contributed by atoms with van der Waals surface area (Å²) in [6.07, 6.45) is -7.83. The van der Waals surface area contributed by atoms with Crippen molar-refractivity contribution in [3.05, 3.63) is 343 Å². The number of hydrogen-bond donors (Lipinski definition) is 0. The van der Waals surface area contributed by atoms with Gasteiger partial charge in [-0.15, -0.1) is 0 Å². The number of carbonyl (C=O) groups excluding carboxylic acids is 3. The van der Waals surface area contributed by atoms with Gasteiger partial charge in [-0.25, -0.2) is 9.59 Å². The zero-order valence-corrected chi connectivity index (χ0v) is 53.9. The molecule has 3 heterocycles. The van der Waals surface area contributed by atoms with Gasteiger partial charge in [0.05, 0.1) is 44.2 Å². The van der Waals surface area contributed by atoms with E-state index >= 15 is 0 Å². The lowest BCUT2D eigenvalue weighted by Gasteiger charge is -2.26. The first-order valence-electron chi connectivity index (χ1n) is 32.0. The lowest BCUT2D eigenvalue weighted by Crippen LogP contribution is -2.10. The molecule has 0 saturated carbocycles. The Balaban J connectivity index is 0.755. The van der Waals surface area contributed by atoms with E-state index in [1.807, 2.05) is 194 Å². The Morgan fingerprint density at radius 3 is 0.913 bits per heavy atom. The SMILES string of the molecule is O=C(OCc1ccc2c(c1)c1ccccc1n2-c1ccc(N(c2ccc(-n3c4ccccc4c4cc(COC(=O)c5ccc(OC(F)=C(F)F)cc5)ccc43)cc2)c2ccc(-n3c4ccccc4c4cc(C(=O)c5ccc(OC(F)=C(F)F)cc5)ccc43)cc2)cc1)c1ccc(OC(F)=C(F)F)cc1. The highest BCUT2D eigenvalue weighted by Crippen LogP contribution is 2.42. The number of carbonyl (C=O) groups is 3. The second kappa shape index (κ2) is 27.9. The van der Waals surface area contributed by atoms with Crippen LogP contribution in [0.5, 0.6) is 17.2 Å². The van der Waals surface area contributed by atoms with Crippen LogP contribution in [-0.2, 0) is 22.7 Å². The number of aromatic nitrogens is 3. The van der Waals surface area contributed by atoms with E-state index in [4.69, 9.17) is 9.47 Å². The fourth-order valence-electron chi connectivity index (χ4n) is 12.9. The van der Waals surface area contributed by atoms with Crippen LogP contribution in [0, 0.1) is 0 Å². The van der Waals surface area contributed by atoms with Crippen molar-refractivity contribution in [3.63, 3.8) is 0 Å². The Bertz CT molecular complexity index is 5740. The summed E-state index contributed by atoms with van der Waals surface area (Å²) < 4.78 is 148. The number of hydrogen-bond acceptors (Lipinski definition) is 9. The van der Waals surface area contributed by atoms with E-state index in [1.165, 1.54) is 72.8 Å². The molecule has 512 valence electrons. The van der Waals surface area contributed by atoms with Gasteiger partial charge in [0.1, 0.15) is 30.5 Å². The first-order valence-corrected chi connectivity index (χ1v) is 32.0. The largest absolute Gasteiger partial charge is 0.457 e. The molecule has 0 radical (unpaired) electrons. The molecule has 0 unspecified atom stereocenters. The zero-order chi connectivity index (χ0) is 71.9. The summed E-state index contributed by atoms with van der Waals surface area (Å²) in [6, 6.07) is 74.2. The predicted octanol–water partition coefficient (Wildman–Crippen LogP) is 22.6. The highest BCUT2D eigenvalue weighted by molar-refractivity contribution is 6.16. The highest BCUT2D eigenvalue weighted by atomic mass is 19.3. The fraction of sp³-hybridized carbons (Fsp3) is 0.0241. The van der Waals surface area contributed by atoms with E-state index in [2.05, 4.69) is 32.8 Å². The van der Waals surface area contributed by atoms with Crippen molar-refractivity contribution in [2.45, 2.75) is 13.2 Å². The van der Waals surface area contributed by atoms with Crippen LogP contribution in [0.25, 0.3) is 82.5 Å². The number of anilines is 3. The molecule has 0 amide bonds. The number of benzene rings is 12. The second-order valence-electron chi connectivity index (χ2n) is 23.8. The number of nitrogens with zero attached hydrogens (tertiary/aromatic N) is 4. The lowest BCUT2D eigenvalue weighted by atomic mass is 10.0. The molecule has 0 aliphatic rings. The number of fused-ring (bicyclic) bond motifs is 9. The van der Waals surface area contributed by atoms with E-state index < -0.39 is 48.2 Å². The summed E-state index contributed by atoms with van der Waals surface area (Å²) in [7, 11) is 0. The van der Waals surface area contributed by atoms with Crippen molar-refractivity contribution in [1.29, 1.82) is 0 Å². The van der Waals surface area contributed by atoms with Gasteiger partial charge in [-0.1, -0.05) is 66.7 Å². The summed E-state index contributed by atoms with van der Waals surface area (Å²) in [5.74, 6) is -2.39. The van der Waals surface area contributed by atoms with Gasteiger partial charge in [-0.3, -0.25) is 4.79 Å². The molecule has 104 heavy (non-hydrogen) atoms. The third-order valence-corrected chi connectivity index (χ3v) is 17.6. The van der Waals surface area contributed by atoms with Crippen LogP contribution in [0.2, 0.25) is 0 Å². The first kappa shape index (κ1) is 66.3. The average molecular weight is 1400 g/mol. The van der Waals surface area contributed by atoms with Crippen LogP contribution in [0.3, 0.4) is 0 Å². The Kier molecular flexibility index (Phi) is 17.8. The van der Waals surface area contributed by atoms with Crippen molar-refractivity contribution in [2.24, 2.45) is 0 Å². The Hall–Kier alpha value is -13.6. The minimum atomic E-state index is -2.61. The molecule has 15 rings (SSSR count). The minimum Gasteiger partial charge on any atom is -0.457 e. The normalized spacial score (nSPS) is 11.3. The number of ether oxygens (including phenoxy) is 5. The van der Waals surface area contributed by atoms with E-state index in [9.17, 15) is 53.9 Å². The third kappa shape index (κ3) is 13.0. The van der Waals surface area contributed by atoms with Gasteiger partial charge in [0.25, 0.3) is 0 Å². The van der Waals surface area contributed by atoms with E-state index in [0.29, 0.717) is 16.7 Å². The average Bonchev–Trinajstić information content (AvgIpc) is 1.59. The van der Waals surface area contributed by atoms with Gasteiger partial charge in [0.15, 0.2) is 5.78 Å². The number of ketones is 1. The molecule has 12 aromatic carbocycles. The van der Waals surface area contributed by atoms with Gasteiger partial charge in [-0.2, -0.15) is 39.5 Å². The van der Waals surface area contributed by atoms with Gasteiger partial charge >= 0.3 is 48.2 Å². The van der Waals surface area contributed by atoms with Crippen LogP contribution in [-0.4, -0.2) is 31.4 Å². The topological polar surface area (TPSA) is 115 Å². The molecule has 0 N–H and O–H groups in total. The van der Waals surface area contributed by atoms with E-state index in [0.717, 1.165) is 99.5 Å². The smallest absolute Gasteiger partial charge is 0.344 e. The summed E-state index contributed by atoms with van der Waals surface area (Å²) >= 11 is 0. The molecule has 21 heteroatoms. The monoisotopic (exact) mass is 1400 g/mol. The van der Waals surface area contributed by atoms with Crippen molar-refractivity contribution in [3.8, 4) is 34.3 Å². The van der Waals surface area contributed by atoms with Crippen LogP contribution < -0.4 is 19.1 Å². The predicted molar refractivity (Wildman–Crippen MR) is 378 cm³/mol. The maximum absolute atomic E-state index is 14.0. The number of rotatable bonds is 20. The summed E-state index contributed by atoms with van der Waals surface area (Å²) in [5.41, 5.74) is 12.4. The molecule has 0 spiro atoms. The molecule has 12 nitrogen and oxygen atoms in total. The summed E-state index contributed by atoms with van der Waals surface area (Å²) in [4.78, 5) is 42.4. The van der Waals surface area contributed by atoms with Gasteiger partial charge < -0.3 is 42.3 Å². The van der Waals surface area contributed by atoms with Crippen molar-refractivity contribution < 1.29 is 77.6 Å². The quantitative estimate of drug-likeness (QED) is 0.0318. The molecule has 15 aromatic rings. The van der Waals surface area contributed by atoms with Crippen molar-refractivity contribution in [1.82, 2.24) is 13.7 Å². The Labute approximate surface area is 583 Å². The van der Waals surface area contributed by atoms with Crippen LogP contribution in [0.1, 0.15) is 47.8 Å². The molecule has 0 aliphatic carbocycles. The molecular weight excluding hydrogens is 1350 g/mol. The van der Waals surface area contributed by atoms with Gasteiger partial charge in [0, 0.05) is 77.6 Å².